The van der Waals surface area contributed by atoms with Crippen LogP contribution in [0, 0.1) is 5.92 Å². The molecular weight excluding hydrogens is 196 g/mol. The minimum absolute atomic E-state index is 0.822. The molecular formula is C14H24N2. The SMILES string of the molecule is CC(C)CCCCCN(N)c1ccccc1. The molecule has 0 heterocycles. The molecule has 1 aromatic rings. The van der Waals surface area contributed by atoms with Crippen molar-refractivity contribution in [3.63, 3.8) is 0 Å². The summed E-state index contributed by atoms with van der Waals surface area (Å²) in [6, 6.07) is 10.2. The Kier molecular flexibility index (Phi) is 5.94. The first kappa shape index (κ1) is 13.0. The van der Waals surface area contributed by atoms with E-state index in [0.717, 1.165) is 18.2 Å². The van der Waals surface area contributed by atoms with Crippen molar-refractivity contribution in [2.24, 2.45) is 11.8 Å². The number of hydrazine groups is 1. The van der Waals surface area contributed by atoms with E-state index in [4.69, 9.17) is 5.84 Å². The van der Waals surface area contributed by atoms with Crippen LogP contribution >= 0.6 is 0 Å². The Morgan fingerprint density at radius 3 is 2.38 bits per heavy atom. The van der Waals surface area contributed by atoms with Gasteiger partial charge in [0.25, 0.3) is 0 Å². The summed E-state index contributed by atoms with van der Waals surface area (Å²) in [5.41, 5.74) is 1.10. The lowest BCUT2D eigenvalue weighted by atomic mass is 10.1. The summed E-state index contributed by atoms with van der Waals surface area (Å²) < 4.78 is 0. The molecule has 0 saturated carbocycles. The lowest BCUT2D eigenvalue weighted by Crippen LogP contribution is -2.31. The van der Waals surface area contributed by atoms with Crippen LogP contribution < -0.4 is 10.9 Å². The number of para-hydroxylation sites is 1. The maximum absolute atomic E-state index is 5.97. The number of hydrogen-bond acceptors (Lipinski definition) is 2. The summed E-state index contributed by atoms with van der Waals surface area (Å²) in [5, 5.41) is 1.84. The molecule has 90 valence electrons. The summed E-state index contributed by atoms with van der Waals surface area (Å²) >= 11 is 0. The molecule has 16 heavy (non-hydrogen) atoms. The van der Waals surface area contributed by atoms with Crippen molar-refractivity contribution < 1.29 is 0 Å². The highest BCUT2D eigenvalue weighted by Crippen LogP contribution is 2.12. The summed E-state index contributed by atoms with van der Waals surface area (Å²) in [6.07, 6.45) is 5.10. The molecule has 0 aromatic heterocycles. The smallest absolute Gasteiger partial charge is 0.0517 e. The highest BCUT2D eigenvalue weighted by atomic mass is 15.4. The van der Waals surface area contributed by atoms with Crippen molar-refractivity contribution in [1.82, 2.24) is 0 Å². The number of benzene rings is 1. The summed E-state index contributed by atoms with van der Waals surface area (Å²) in [7, 11) is 0. The standard InChI is InChI=1S/C14H24N2/c1-13(2)9-5-4-8-12-16(15)14-10-6-3-7-11-14/h3,6-7,10-11,13H,4-5,8-9,12,15H2,1-2H3. The highest BCUT2D eigenvalue weighted by molar-refractivity contribution is 5.43. The molecule has 0 unspecified atom stereocenters. The molecule has 2 N–H and O–H groups in total. The molecule has 2 heteroatoms. The molecule has 1 rings (SSSR count). The Balaban J connectivity index is 2.14. The molecule has 2 nitrogen and oxygen atoms in total. The van der Waals surface area contributed by atoms with Gasteiger partial charge in [0.1, 0.15) is 0 Å². The van der Waals surface area contributed by atoms with Crippen LogP contribution in [0.15, 0.2) is 30.3 Å². The topological polar surface area (TPSA) is 29.3 Å². The van der Waals surface area contributed by atoms with Crippen LogP contribution in [-0.2, 0) is 0 Å². The van der Waals surface area contributed by atoms with Gasteiger partial charge in [-0.3, -0.25) is 0 Å². The number of nitrogens with two attached hydrogens (primary N) is 1. The fourth-order valence-corrected chi connectivity index (χ4v) is 1.76. The second kappa shape index (κ2) is 7.29. The molecule has 0 amide bonds. The van der Waals surface area contributed by atoms with Crippen molar-refractivity contribution in [3.05, 3.63) is 30.3 Å². The van der Waals surface area contributed by atoms with E-state index in [1.807, 2.05) is 35.3 Å². The molecule has 1 aromatic carbocycles. The van der Waals surface area contributed by atoms with Gasteiger partial charge >= 0.3 is 0 Å². The van der Waals surface area contributed by atoms with Crippen LogP contribution in [0.1, 0.15) is 39.5 Å². The molecule has 0 aliphatic rings. The monoisotopic (exact) mass is 220 g/mol. The second-order valence-corrected chi connectivity index (χ2v) is 4.77. The molecule has 0 atom stereocenters. The fourth-order valence-electron chi connectivity index (χ4n) is 1.76. The third-order valence-corrected chi connectivity index (χ3v) is 2.77. The van der Waals surface area contributed by atoms with Crippen molar-refractivity contribution in [2.45, 2.75) is 39.5 Å². The van der Waals surface area contributed by atoms with E-state index in [0.29, 0.717) is 0 Å². The maximum Gasteiger partial charge on any atom is 0.0517 e. The van der Waals surface area contributed by atoms with Crippen LogP contribution in [-0.4, -0.2) is 6.54 Å². The van der Waals surface area contributed by atoms with E-state index in [2.05, 4.69) is 13.8 Å². The van der Waals surface area contributed by atoms with E-state index in [1.54, 1.807) is 0 Å². The molecule has 0 radical (unpaired) electrons. The van der Waals surface area contributed by atoms with Crippen LogP contribution in [0.4, 0.5) is 5.69 Å². The normalized spacial score (nSPS) is 10.8. The van der Waals surface area contributed by atoms with Gasteiger partial charge in [-0.05, 0) is 24.5 Å². The van der Waals surface area contributed by atoms with Gasteiger partial charge in [-0.1, -0.05) is 51.3 Å². The molecule has 0 aliphatic heterocycles. The van der Waals surface area contributed by atoms with Crippen LogP contribution in [0.3, 0.4) is 0 Å². The summed E-state index contributed by atoms with van der Waals surface area (Å²) in [4.78, 5) is 0. The Bertz CT molecular complexity index is 269. The van der Waals surface area contributed by atoms with Gasteiger partial charge in [-0.15, -0.1) is 0 Å². The first-order valence-corrected chi connectivity index (χ1v) is 6.27. The number of anilines is 1. The predicted molar refractivity (Wildman–Crippen MR) is 71.3 cm³/mol. The van der Waals surface area contributed by atoms with Crippen molar-refractivity contribution in [3.8, 4) is 0 Å². The van der Waals surface area contributed by atoms with Gasteiger partial charge in [-0.2, -0.15) is 0 Å². The van der Waals surface area contributed by atoms with Gasteiger partial charge < -0.3 is 5.01 Å². The van der Waals surface area contributed by atoms with E-state index in [9.17, 15) is 0 Å². The zero-order valence-corrected chi connectivity index (χ0v) is 10.5. The van der Waals surface area contributed by atoms with E-state index in [-0.39, 0.29) is 0 Å². The first-order chi connectivity index (χ1) is 7.70. The minimum Gasteiger partial charge on any atom is -0.311 e. The van der Waals surface area contributed by atoms with Crippen LogP contribution in [0.25, 0.3) is 0 Å². The first-order valence-electron chi connectivity index (χ1n) is 6.27. The van der Waals surface area contributed by atoms with Gasteiger partial charge in [-0.25, -0.2) is 5.84 Å². The Hall–Kier alpha value is -1.02. The van der Waals surface area contributed by atoms with Gasteiger partial charge in [0.2, 0.25) is 0 Å². The Morgan fingerprint density at radius 2 is 1.75 bits per heavy atom. The third kappa shape index (κ3) is 5.17. The van der Waals surface area contributed by atoms with E-state index in [1.165, 1.54) is 25.7 Å². The van der Waals surface area contributed by atoms with E-state index >= 15 is 0 Å². The van der Waals surface area contributed by atoms with E-state index < -0.39 is 0 Å². The number of rotatable bonds is 7. The Morgan fingerprint density at radius 1 is 1.06 bits per heavy atom. The maximum atomic E-state index is 5.97. The zero-order valence-electron chi connectivity index (χ0n) is 10.5. The average molecular weight is 220 g/mol. The number of hydrogen-bond donors (Lipinski definition) is 1. The fraction of sp³-hybridized carbons (Fsp3) is 0.571. The zero-order chi connectivity index (χ0) is 11.8. The lowest BCUT2D eigenvalue weighted by molar-refractivity contribution is 0.526. The molecule has 0 bridgehead atoms. The second-order valence-electron chi connectivity index (χ2n) is 4.77. The highest BCUT2D eigenvalue weighted by Gasteiger charge is 2.00. The molecule has 0 fully saturated rings. The lowest BCUT2D eigenvalue weighted by Gasteiger charge is -2.18. The molecule has 0 aliphatic carbocycles. The number of unbranched alkanes of at least 4 members (excludes halogenated alkanes) is 2. The average Bonchev–Trinajstić information content (AvgIpc) is 2.29. The quantitative estimate of drug-likeness (QED) is 0.432. The van der Waals surface area contributed by atoms with Crippen LogP contribution in [0.5, 0.6) is 0 Å². The predicted octanol–water partition coefficient (Wildman–Crippen LogP) is 3.58. The minimum atomic E-state index is 0.822. The van der Waals surface area contributed by atoms with Gasteiger partial charge in [0, 0.05) is 6.54 Å². The van der Waals surface area contributed by atoms with Crippen molar-refractivity contribution in [1.29, 1.82) is 0 Å². The third-order valence-electron chi connectivity index (χ3n) is 2.77. The van der Waals surface area contributed by atoms with Crippen LogP contribution in [0.2, 0.25) is 0 Å². The number of nitrogens with zero attached hydrogens (tertiary/aromatic N) is 1. The molecule has 0 saturated heterocycles. The Labute approximate surface area is 99.4 Å². The summed E-state index contributed by atoms with van der Waals surface area (Å²) in [5.74, 6) is 6.79. The van der Waals surface area contributed by atoms with Gasteiger partial charge in [0.15, 0.2) is 0 Å². The van der Waals surface area contributed by atoms with Crippen molar-refractivity contribution in [2.75, 3.05) is 11.6 Å². The largest absolute Gasteiger partial charge is 0.311 e. The summed E-state index contributed by atoms with van der Waals surface area (Å²) in [6.45, 7) is 5.50. The van der Waals surface area contributed by atoms with Crippen molar-refractivity contribution >= 4 is 5.69 Å². The van der Waals surface area contributed by atoms with Gasteiger partial charge in [0.05, 0.1) is 5.69 Å². The molecule has 0 spiro atoms.